The third-order valence-corrected chi connectivity index (χ3v) is 3.11. The predicted molar refractivity (Wildman–Crippen MR) is 70.5 cm³/mol. The van der Waals surface area contributed by atoms with Crippen molar-refractivity contribution in [1.29, 1.82) is 0 Å². The molecular formula is C14H18N2O2. The number of nitrogens with zero attached hydrogens (tertiary/aromatic N) is 1. The van der Waals surface area contributed by atoms with Gasteiger partial charge in [0.15, 0.2) is 5.76 Å². The molecule has 0 aliphatic rings. The summed E-state index contributed by atoms with van der Waals surface area (Å²) in [6.45, 7) is 4.43. The molecule has 0 aliphatic heterocycles. The van der Waals surface area contributed by atoms with Crippen molar-refractivity contribution < 1.29 is 9.26 Å². The van der Waals surface area contributed by atoms with Crippen molar-refractivity contribution in [2.75, 3.05) is 7.11 Å². The van der Waals surface area contributed by atoms with E-state index >= 15 is 0 Å². The van der Waals surface area contributed by atoms with Crippen molar-refractivity contribution in [1.82, 2.24) is 5.16 Å². The molecule has 1 aromatic carbocycles. The van der Waals surface area contributed by atoms with Crippen LogP contribution in [0.2, 0.25) is 0 Å². The number of ether oxygens (including phenoxy) is 1. The minimum Gasteiger partial charge on any atom is -0.496 e. The Balaban J connectivity index is 2.50. The molecule has 0 amide bonds. The highest BCUT2D eigenvalue weighted by Gasteiger charge is 2.14. The third kappa shape index (κ3) is 2.11. The standard InChI is InChI=1S/C14H18N2O2/c1-4-10-7-11(5-6-13(10)17-3)14-12(8-15)9(2)16-18-14/h5-7H,4,8,15H2,1-3H3. The summed E-state index contributed by atoms with van der Waals surface area (Å²) < 4.78 is 10.7. The van der Waals surface area contributed by atoms with E-state index in [2.05, 4.69) is 18.1 Å². The van der Waals surface area contributed by atoms with E-state index in [0.717, 1.165) is 40.3 Å². The van der Waals surface area contributed by atoms with Crippen LogP contribution >= 0.6 is 0 Å². The number of hydrogen-bond acceptors (Lipinski definition) is 4. The van der Waals surface area contributed by atoms with Gasteiger partial charge >= 0.3 is 0 Å². The van der Waals surface area contributed by atoms with Crippen molar-refractivity contribution in [3.05, 3.63) is 35.0 Å². The summed E-state index contributed by atoms with van der Waals surface area (Å²) in [6, 6.07) is 5.99. The van der Waals surface area contributed by atoms with E-state index in [4.69, 9.17) is 15.0 Å². The van der Waals surface area contributed by atoms with Gasteiger partial charge in [0.2, 0.25) is 0 Å². The van der Waals surface area contributed by atoms with Crippen molar-refractivity contribution in [2.24, 2.45) is 5.73 Å². The topological polar surface area (TPSA) is 61.3 Å². The minimum absolute atomic E-state index is 0.429. The average Bonchev–Trinajstić information content (AvgIpc) is 2.78. The molecule has 0 radical (unpaired) electrons. The molecular weight excluding hydrogens is 228 g/mol. The lowest BCUT2D eigenvalue weighted by atomic mass is 10.0. The zero-order valence-corrected chi connectivity index (χ0v) is 11.0. The fourth-order valence-corrected chi connectivity index (χ4v) is 2.05. The van der Waals surface area contributed by atoms with Crippen LogP contribution in [-0.4, -0.2) is 12.3 Å². The number of hydrogen-bond donors (Lipinski definition) is 1. The van der Waals surface area contributed by atoms with Gasteiger partial charge in [0.05, 0.1) is 12.8 Å². The van der Waals surface area contributed by atoms with Gasteiger partial charge in [-0.05, 0) is 37.1 Å². The van der Waals surface area contributed by atoms with Crippen LogP contribution in [0.5, 0.6) is 5.75 Å². The highest BCUT2D eigenvalue weighted by Crippen LogP contribution is 2.30. The molecule has 0 unspecified atom stereocenters. The molecule has 2 N–H and O–H groups in total. The Kier molecular flexibility index (Phi) is 3.67. The normalized spacial score (nSPS) is 10.7. The molecule has 4 heteroatoms. The molecule has 96 valence electrons. The molecule has 0 spiro atoms. The summed E-state index contributed by atoms with van der Waals surface area (Å²) in [5, 5.41) is 3.98. The molecule has 2 aromatic rings. The first-order valence-corrected chi connectivity index (χ1v) is 6.03. The third-order valence-electron chi connectivity index (χ3n) is 3.11. The molecule has 1 heterocycles. The predicted octanol–water partition coefficient (Wildman–Crippen LogP) is 2.68. The molecule has 1 aromatic heterocycles. The largest absolute Gasteiger partial charge is 0.496 e. The fourth-order valence-electron chi connectivity index (χ4n) is 2.05. The molecule has 0 bridgehead atoms. The van der Waals surface area contributed by atoms with Crippen molar-refractivity contribution >= 4 is 0 Å². The summed E-state index contributed by atoms with van der Waals surface area (Å²) in [4.78, 5) is 0. The zero-order chi connectivity index (χ0) is 13.1. The Morgan fingerprint density at radius 3 is 2.78 bits per heavy atom. The Morgan fingerprint density at radius 2 is 2.17 bits per heavy atom. The maximum absolute atomic E-state index is 5.74. The van der Waals surface area contributed by atoms with Crippen molar-refractivity contribution in [3.63, 3.8) is 0 Å². The summed E-state index contributed by atoms with van der Waals surface area (Å²) in [5.41, 5.74) is 9.68. The average molecular weight is 246 g/mol. The van der Waals surface area contributed by atoms with E-state index < -0.39 is 0 Å². The number of benzene rings is 1. The summed E-state index contributed by atoms with van der Waals surface area (Å²) in [5.74, 6) is 1.65. The van der Waals surface area contributed by atoms with E-state index in [9.17, 15) is 0 Å². The van der Waals surface area contributed by atoms with E-state index in [1.165, 1.54) is 0 Å². The minimum atomic E-state index is 0.429. The highest BCUT2D eigenvalue weighted by molar-refractivity contribution is 5.64. The van der Waals surface area contributed by atoms with Gasteiger partial charge < -0.3 is 15.0 Å². The first-order chi connectivity index (χ1) is 8.71. The molecule has 18 heavy (non-hydrogen) atoms. The number of rotatable bonds is 4. The summed E-state index contributed by atoms with van der Waals surface area (Å²) in [7, 11) is 1.68. The Bertz CT molecular complexity index is 547. The number of methoxy groups -OCH3 is 1. The smallest absolute Gasteiger partial charge is 0.171 e. The molecule has 0 aliphatic carbocycles. The maximum Gasteiger partial charge on any atom is 0.171 e. The van der Waals surface area contributed by atoms with Gasteiger partial charge in [0, 0.05) is 17.7 Å². The second-order valence-electron chi connectivity index (χ2n) is 4.16. The number of aryl methyl sites for hydroxylation is 2. The lowest BCUT2D eigenvalue weighted by Gasteiger charge is -2.08. The van der Waals surface area contributed by atoms with Crippen molar-refractivity contribution in [3.8, 4) is 17.1 Å². The van der Waals surface area contributed by atoms with Gasteiger partial charge in [-0.1, -0.05) is 12.1 Å². The number of aromatic nitrogens is 1. The quantitative estimate of drug-likeness (QED) is 0.901. The SMILES string of the molecule is CCc1cc(-c2onc(C)c2CN)ccc1OC. The van der Waals surface area contributed by atoms with Gasteiger partial charge in [0.1, 0.15) is 5.75 Å². The van der Waals surface area contributed by atoms with Crippen LogP contribution in [0, 0.1) is 6.92 Å². The fraction of sp³-hybridized carbons (Fsp3) is 0.357. The molecule has 0 saturated heterocycles. The Morgan fingerprint density at radius 1 is 1.39 bits per heavy atom. The Hall–Kier alpha value is -1.81. The van der Waals surface area contributed by atoms with Crippen LogP contribution in [-0.2, 0) is 13.0 Å². The van der Waals surface area contributed by atoms with E-state index in [0.29, 0.717) is 6.54 Å². The highest BCUT2D eigenvalue weighted by atomic mass is 16.5. The molecule has 2 rings (SSSR count). The van der Waals surface area contributed by atoms with Crippen LogP contribution in [0.3, 0.4) is 0 Å². The molecule has 0 saturated carbocycles. The second-order valence-corrected chi connectivity index (χ2v) is 4.16. The van der Waals surface area contributed by atoms with Crippen molar-refractivity contribution in [2.45, 2.75) is 26.8 Å². The Labute approximate surface area is 107 Å². The van der Waals surface area contributed by atoms with Gasteiger partial charge in [-0.25, -0.2) is 0 Å². The monoisotopic (exact) mass is 246 g/mol. The van der Waals surface area contributed by atoms with Gasteiger partial charge in [-0.15, -0.1) is 0 Å². The zero-order valence-electron chi connectivity index (χ0n) is 11.0. The lowest BCUT2D eigenvalue weighted by molar-refractivity contribution is 0.409. The molecule has 0 atom stereocenters. The first kappa shape index (κ1) is 12.6. The molecule has 0 fully saturated rings. The van der Waals surface area contributed by atoms with Crippen LogP contribution in [0.15, 0.2) is 22.7 Å². The van der Waals surface area contributed by atoms with Crippen LogP contribution in [0.25, 0.3) is 11.3 Å². The van der Waals surface area contributed by atoms with E-state index in [-0.39, 0.29) is 0 Å². The van der Waals surface area contributed by atoms with E-state index in [1.807, 2.05) is 19.1 Å². The van der Waals surface area contributed by atoms with Gasteiger partial charge in [-0.3, -0.25) is 0 Å². The van der Waals surface area contributed by atoms with Gasteiger partial charge in [0.25, 0.3) is 0 Å². The van der Waals surface area contributed by atoms with Crippen LogP contribution < -0.4 is 10.5 Å². The second kappa shape index (κ2) is 5.23. The molecule has 4 nitrogen and oxygen atoms in total. The first-order valence-electron chi connectivity index (χ1n) is 6.03. The van der Waals surface area contributed by atoms with E-state index in [1.54, 1.807) is 7.11 Å². The lowest BCUT2D eigenvalue weighted by Crippen LogP contribution is -1.99. The summed E-state index contributed by atoms with van der Waals surface area (Å²) in [6.07, 6.45) is 0.905. The maximum atomic E-state index is 5.74. The summed E-state index contributed by atoms with van der Waals surface area (Å²) >= 11 is 0. The van der Waals surface area contributed by atoms with Gasteiger partial charge in [-0.2, -0.15) is 0 Å². The van der Waals surface area contributed by atoms with Crippen LogP contribution in [0.1, 0.15) is 23.7 Å². The number of nitrogens with two attached hydrogens (primary N) is 1. The van der Waals surface area contributed by atoms with Crippen LogP contribution in [0.4, 0.5) is 0 Å².